The molecule has 140 valence electrons. The summed E-state index contributed by atoms with van der Waals surface area (Å²) >= 11 is 5.84. The number of rotatable bonds is 4. The van der Waals surface area contributed by atoms with E-state index >= 15 is 0 Å². The predicted molar refractivity (Wildman–Crippen MR) is 102 cm³/mol. The fourth-order valence-electron chi connectivity index (χ4n) is 4.28. The van der Waals surface area contributed by atoms with Crippen LogP contribution in [0, 0.1) is 23.7 Å². The summed E-state index contributed by atoms with van der Waals surface area (Å²) < 4.78 is 13.4. The van der Waals surface area contributed by atoms with Gasteiger partial charge in [-0.15, -0.1) is 0 Å². The summed E-state index contributed by atoms with van der Waals surface area (Å²) in [6, 6.07) is 4.08. The van der Waals surface area contributed by atoms with Gasteiger partial charge in [0, 0.05) is 43.6 Å². The van der Waals surface area contributed by atoms with Crippen LogP contribution in [-0.2, 0) is 4.79 Å². The Morgan fingerprint density at radius 2 is 2.04 bits per heavy atom. The number of amides is 1. The summed E-state index contributed by atoms with van der Waals surface area (Å²) in [6.45, 7) is 14.1. The van der Waals surface area contributed by atoms with Crippen molar-refractivity contribution in [3.63, 3.8) is 0 Å². The number of hydrogen-bond acceptors (Lipinski definition) is 2. The molecule has 2 aliphatic rings. The van der Waals surface area contributed by atoms with Crippen molar-refractivity contribution >= 4 is 23.2 Å². The van der Waals surface area contributed by atoms with Crippen LogP contribution in [0.3, 0.4) is 0 Å². The maximum atomic E-state index is 13.4. The Hall–Kier alpha value is -1.64. The minimum atomic E-state index is -0.452. The van der Waals surface area contributed by atoms with E-state index in [-0.39, 0.29) is 22.4 Å². The molecular formula is C20H25ClFN3O. The molecule has 0 bridgehead atoms. The Morgan fingerprint density at radius 3 is 2.62 bits per heavy atom. The quantitative estimate of drug-likeness (QED) is 0.778. The Bertz CT molecular complexity index is 707. The van der Waals surface area contributed by atoms with Gasteiger partial charge in [-0.3, -0.25) is 9.69 Å². The van der Waals surface area contributed by atoms with Crippen LogP contribution in [0.5, 0.6) is 0 Å². The molecule has 0 aromatic heterocycles. The Kier molecular flexibility index (Phi) is 5.28. The smallest absolute Gasteiger partial charge is 0.239 e. The number of nitrogens with one attached hydrogen (secondary N) is 1. The maximum Gasteiger partial charge on any atom is 0.239 e. The van der Waals surface area contributed by atoms with E-state index in [0.29, 0.717) is 11.1 Å². The van der Waals surface area contributed by atoms with Gasteiger partial charge in [0.2, 0.25) is 11.4 Å². The molecule has 26 heavy (non-hydrogen) atoms. The lowest BCUT2D eigenvalue weighted by molar-refractivity contribution is -0.123. The molecule has 1 spiro atoms. The summed E-state index contributed by atoms with van der Waals surface area (Å²) in [4.78, 5) is 18.5. The van der Waals surface area contributed by atoms with Crippen molar-refractivity contribution in [1.29, 1.82) is 0 Å². The van der Waals surface area contributed by atoms with Crippen LogP contribution in [0.15, 0.2) is 18.2 Å². The molecule has 2 fully saturated rings. The first-order chi connectivity index (χ1) is 12.2. The van der Waals surface area contributed by atoms with Crippen LogP contribution in [-0.4, -0.2) is 36.0 Å². The molecule has 4 nitrogen and oxygen atoms in total. The molecule has 0 radical (unpaired) electrons. The summed E-state index contributed by atoms with van der Waals surface area (Å²) in [6.07, 6.45) is 3.78. The van der Waals surface area contributed by atoms with Crippen LogP contribution in [0.1, 0.15) is 39.5 Å². The second-order valence-electron chi connectivity index (χ2n) is 8.49. The molecule has 0 unspecified atom stereocenters. The topological polar surface area (TPSA) is 36.7 Å². The standard InChI is InChI=1S/C20H25ClFN3O/c1-19(2,23-3)11-25-12-20(13-25)6-4-14(5-7-20)18(26)24-17-9-15(21)8-16(22)10-17/h8-10,14H,4-7,11-13H2,1-2H3,(H,24,26). The molecule has 1 N–H and O–H groups in total. The minimum absolute atomic E-state index is 0.0311. The largest absolute Gasteiger partial charge is 0.326 e. The van der Waals surface area contributed by atoms with Crippen LogP contribution in [0.25, 0.3) is 4.85 Å². The van der Waals surface area contributed by atoms with Crippen LogP contribution in [0.2, 0.25) is 5.02 Å². The third kappa shape index (κ3) is 4.36. The lowest BCUT2D eigenvalue weighted by Crippen LogP contribution is -2.60. The number of nitrogens with zero attached hydrogens (tertiary/aromatic N) is 2. The number of carbonyl (C=O) groups is 1. The van der Waals surface area contributed by atoms with Crippen molar-refractivity contribution in [3.8, 4) is 0 Å². The van der Waals surface area contributed by atoms with Crippen LogP contribution >= 0.6 is 11.6 Å². The van der Waals surface area contributed by atoms with Gasteiger partial charge in [-0.1, -0.05) is 11.6 Å². The van der Waals surface area contributed by atoms with Gasteiger partial charge >= 0.3 is 0 Å². The first kappa shape index (κ1) is 19.1. The van der Waals surface area contributed by atoms with Crippen molar-refractivity contribution in [2.24, 2.45) is 11.3 Å². The monoisotopic (exact) mass is 377 g/mol. The molecular weight excluding hydrogens is 353 g/mol. The van der Waals surface area contributed by atoms with Crippen molar-refractivity contribution in [2.75, 3.05) is 25.0 Å². The van der Waals surface area contributed by atoms with E-state index in [1.165, 1.54) is 12.1 Å². The first-order valence-corrected chi connectivity index (χ1v) is 9.46. The molecule has 1 amide bonds. The van der Waals surface area contributed by atoms with E-state index in [1.54, 1.807) is 6.07 Å². The van der Waals surface area contributed by atoms with E-state index in [2.05, 4.69) is 15.1 Å². The second kappa shape index (κ2) is 7.17. The first-order valence-electron chi connectivity index (χ1n) is 9.08. The van der Waals surface area contributed by atoms with E-state index in [0.717, 1.165) is 45.3 Å². The van der Waals surface area contributed by atoms with Gasteiger partial charge in [-0.2, -0.15) is 0 Å². The number of likely N-dealkylation sites (tertiary alicyclic amines) is 1. The third-order valence-corrected chi connectivity index (χ3v) is 5.80. The number of benzene rings is 1. The summed E-state index contributed by atoms with van der Waals surface area (Å²) in [5, 5.41) is 3.07. The van der Waals surface area contributed by atoms with Crippen LogP contribution < -0.4 is 5.32 Å². The SMILES string of the molecule is [C-]#[N+]C(C)(C)CN1CC2(CCC(C(=O)Nc3cc(F)cc(Cl)c3)CC2)C1. The fourth-order valence-corrected chi connectivity index (χ4v) is 4.50. The summed E-state index contributed by atoms with van der Waals surface area (Å²) in [7, 11) is 0. The highest BCUT2D eigenvalue weighted by molar-refractivity contribution is 6.30. The lowest BCUT2D eigenvalue weighted by atomic mass is 9.65. The fraction of sp³-hybridized carbons (Fsp3) is 0.600. The summed E-state index contributed by atoms with van der Waals surface area (Å²) in [5.74, 6) is -0.532. The molecule has 1 aromatic rings. The van der Waals surface area contributed by atoms with Gasteiger partial charge in [-0.25, -0.2) is 11.0 Å². The molecule has 0 atom stereocenters. The highest BCUT2D eigenvalue weighted by atomic mass is 35.5. The zero-order valence-electron chi connectivity index (χ0n) is 15.3. The average molecular weight is 378 g/mol. The normalized spacial score (nSPS) is 20.4. The highest BCUT2D eigenvalue weighted by Gasteiger charge is 2.47. The van der Waals surface area contributed by atoms with E-state index in [9.17, 15) is 9.18 Å². The van der Waals surface area contributed by atoms with Crippen molar-refractivity contribution < 1.29 is 9.18 Å². The average Bonchev–Trinajstić information content (AvgIpc) is 2.52. The third-order valence-electron chi connectivity index (χ3n) is 5.58. The maximum absolute atomic E-state index is 13.4. The molecule has 1 aromatic carbocycles. The molecule has 1 saturated heterocycles. The van der Waals surface area contributed by atoms with E-state index in [4.69, 9.17) is 18.2 Å². The molecule has 3 rings (SSSR count). The number of anilines is 1. The van der Waals surface area contributed by atoms with Gasteiger partial charge in [0.05, 0.1) is 6.54 Å². The van der Waals surface area contributed by atoms with Crippen molar-refractivity contribution in [1.82, 2.24) is 4.90 Å². The van der Waals surface area contributed by atoms with E-state index in [1.807, 2.05) is 13.8 Å². The number of halogens is 2. The van der Waals surface area contributed by atoms with Gasteiger partial charge in [0.1, 0.15) is 5.82 Å². The zero-order valence-corrected chi connectivity index (χ0v) is 16.1. The van der Waals surface area contributed by atoms with Crippen molar-refractivity contribution in [2.45, 2.75) is 45.1 Å². The Morgan fingerprint density at radius 1 is 1.38 bits per heavy atom. The van der Waals surface area contributed by atoms with Gasteiger partial charge < -0.3 is 10.2 Å². The highest BCUT2D eigenvalue weighted by Crippen LogP contribution is 2.46. The van der Waals surface area contributed by atoms with Gasteiger partial charge in [0.15, 0.2) is 0 Å². The Balaban J connectivity index is 1.48. The molecule has 1 aliphatic carbocycles. The number of hydrogen-bond donors (Lipinski definition) is 1. The van der Waals surface area contributed by atoms with Gasteiger partial charge in [0.25, 0.3) is 0 Å². The van der Waals surface area contributed by atoms with Crippen LogP contribution in [0.4, 0.5) is 10.1 Å². The second-order valence-corrected chi connectivity index (χ2v) is 8.93. The zero-order chi connectivity index (χ0) is 18.9. The minimum Gasteiger partial charge on any atom is -0.326 e. The Labute approximate surface area is 159 Å². The number of carbonyl (C=O) groups excluding carboxylic acids is 1. The molecule has 1 saturated carbocycles. The molecule has 1 aliphatic heterocycles. The predicted octanol–water partition coefficient (Wildman–Crippen LogP) is 4.61. The van der Waals surface area contributed by atoms with E-state index < -0.39 is 5.82 Å². The molecule has 6 heteroatoms. The van der Waals surface area contributed by atoms with Gasteiger partial charge in [-0.05, 0) is 49.3 Å². The molecule has 1 heterocycles. The van der Waals surface area contributed by atoms with Crippen molar-refractivity contribution in [3.05, 3.63) is 40.5 Å². The summed E-state index contributed by atoms with van der Waals surface area (Å²) in [5.41, 5.74) is 0.401. The lowest BCUT2D eigenvalue weighted by Gasteiger charge is -2.53.